The molecule has 0 aromatic heterocycles. The Labute approximate surface area is 145 Å². The number of carbonyl (C=O) groups is 1. The third-order valence-electron chi connectivity index (χ3n) is 3.65. The van der Waals surface area contributed by atoms with Crippen LogP contribution in [0.15, 0.2) is 53.4 Å². The Morgan fingerprint density at radius 2 is 1.74 bits per heavy atom. The molecule has 0 unspecified atom stereocenters. The largest absolute Gasteiger partial charge is 0.321 e. The average Bonchev–Trinajstić information content (AvgIpc) is 2.58. The lowest BCUT2D eigenvalue weighted by Gasteiger charge is -2.19. The molecule has 23 heavy (non-hydrogen) atoms. The fraction of sp³-hybridized carbons (Fsp3) is 0.211. The van der Waals surface area contributed by atoms with E-state index in [9.17, 15) is 4.79 Å². The van der Waals surface area contributed by atoms with E-state index in [1.807, 2.05) is 37.3 Å². The number of hydrogen-bond donors (Lipinski definition) is 1. The highest BCUT2D eigenvalue weighted by Gasteiger charge is 2.22. The highest BCUT2D eigenvalue weighted by molar-refractivity contribution is 8.14. The minimum absolute atomic E-state index is 0.00648. The first kappa shape index (κ1) is 16.2. The molecular formula is C19H19NOS2. The van der Waals surface area contributed by atoms with Gasteiger partial charge in [0.15, 0.2) is 0 Å². The topological polar surface area (TPSA) is 29.1 Å². The zero-order chi connectivity index (χ0) is 16.2. The average molecular weight is 342 g/mol. The first-order chi connectivity index (χ1) is 11.1. The van der Waals surface area contributed by atoms with Crippen LogP contribution in [0.2, 0.25) is 0 Å². The second kappa shape index (κ2) is 7.28. The van der Waals surface area contributed by atoms with E-state index >= 15 is 0 Å². The van der Waals surface area contributed by atoms with Crippen molar-refractivity contribution in [1.29, 1.82) is 0 Å². The predicted octanol–water partition coefficient (Wildman–Crippen LogP) is 5.09. The smallest absolute Gasteiger partial charge is 0.263 e. The van der Waals surface area contributed by atoms with Gasteiger partial charge in [-0.25, -0.2) is 0 Å². The minimum atomic E-state index is -0.00648. The SMILES string of the molecule is Cc1ccc(NC(=O)C2=C(c3ccccc3)SCCS2)c(C)c1. The van der Waals surface area contributed by atoms with Gasteiger partial charge < -0.3 is 5.32 Å². The molecular weight excluding hydrogens is 322 g/mol. The molecule has 3 rings (SSSR count). The summed E-state index contributed by atoms with van der Waals surface area (Å²) in [4.78, 5) is 14.7. The molecule has 0 saturated heterocycles. The van der Waals surface area contributed by atoms with Gasteiger partial charge >= 0.3 is 0 Å². The summed E-state index contributed by atoms with van der Waals surface area (Å²) in [6, 6.07) is 16.3. The molecule has 0 atom stereocenters. The van der Waals surface area contributed by atoms with Crippen molar-refractivity contribution in [1.82, 2.24) is 0 Å². The van der Waals surface area contributed by atoms with Crippen molar-refractivity contribution in [2.45, 2.75) is 13.8 Å². The summed E-state index contributed by atoms with van der Waals surface area (Å²) in [6.07, 6.45) is 0. The molecule has 2 nitrogen and oxygen atoms in total. The van der Waals surface area contributed by atoms with Crippen molar-refractivity contribution in [3.63, 3.8) is 0 Å². The molecule has 0 bridgehead atoms. The number of hydrogen-bond acceptors (Lipinski definition) is 3. The lowest BCUT2D eigenvalue weighted by molar-refractivity contribution is -0.112. The van der Waals surface area contributed by atoms with E-state index in [1.54, 1.807) is 23.5 Å². The molecule has 118 valence electrons. The standard InChI is InChI=1S/C19H19NOS2/c1-13-8-9-16(14(2)12-13)20-19(21)18-17(22-10-11-23-18)15-6-4-3-5-7-15/h3-9,12H,10-11H2,1-2H3,(H,20,21). The third-order valence-corrected chi connectivity index (χ3v) is 6.27. The maximum Gasteiger partial charge on any atom is 0.263 e. The molecule has 2 aromatic carbocycles. The third kappa shape index (κ3) is 3.82. The summed E-state index contributed by atoms with van der Waals surface area (Å²) in [7, 11) is 0. The molecule has 0 aliphatic carbocycles. The molecule has 0 fully saturated rings. The van der Waals surface area contributed by atoms with Crippen LogP contribution in [0.3, 0.4) is 0 Å². The zero-order valence-electron chi connectivity index (χ0n) is 13.3. The highest BCUT2D eigenvalue weighted by atomic mass is 32.2. The highest BCUT2D eigenvalue weighted by Crippen LogP contribution is 2.41. The first-order valence-electron chi connectivity index (χ1n) is 7.59. The van der Waals surface area contributed by atoms with Gasteiger partial charge in [-0.15, -0.1) is 23.5 Å². The quantitative estimate of drug-likeness (QED) is 0.843. The fourth-order valence-electron chi connectivity index (χ4n) is 2.52. The molecule has 1 amide bonds. The van der Waals surface area contributed by atoms with Gasteiger partial charge in [-0.1, -0.05) is 48.0 Å². The Bertz CT molecular complexity index is 753. The Morgan fingerprint density at radius 3 is 2.48 bits per heavy atom. The summed E-state index contributed by atoms with van der Waals surface area (Å²) in [5, 5.41) is 3.08. The molecule has 2 aromatic rings. The second-order valence-corrected chi connectivity index (χ2v) is 7.70. The van der Waals surface area contributed by atoms with Gasteiger partial charge in [0.1, 0.15) is 0 Å². The van der Waals surface area contributed by atoms with Crippen molar-refractivity contribution < 1.29 is 4.79 Å². The lowest BCUT2D eigenvalue weighted by atomic mass is 10.1. The van der Waals surface area contributed by atoms with Gasteiger partial charge in [0.25, 0.3) is 5.91 Å². The van der Waals surface area contributed by atoms with Gasteiger partial charge in [0, 0.05) is 22.1 Å². The first-order valence-corrected chi connectivity index (χ1v) is 9.56. The molecule has 0 spiro atoms. The van der Waals surface area contributed by atoms with Crippen LogP contribution >= 0.6 is 23.5 Å². The van der Waals surface area contributed by atoms with E-state index in [0.717, 1.165) is 38.1 Å². The maximum absolute atomic E-state index is 12.8. The van der Waals surface area contributed by atoms with Gasteiger partial charge in [0.05, 0.1) is 4.91 Å². The number of rotatable bonds is 3. The molecule has 0 saturated carbocycles. The number of aryl methyl sites for hydroxylation is 2. The predicted molar refractivity (Wildman–Crippen MR) is 103 cm³/mol. The van der Waals surface area contributed by atoms with Crippen molar-refractivity contribution in [2.24, 2.45) is 0 Å². The molecule has 1 aliphatic rings. The second-order valence-electron chi connectivity index (χ2n) is 5.49. The van der Waals surface area contributed by atoms with Gasteiger partial charge in [0.2, 0.25) is 0 Å². The lowest BCUT2D eigenvalue weighted by Crippen LogP contribution is -2.17. The summed E-state index contributed by atoms with van der Waals surface area (Å²) in [5.41, 5.74) is 4.30. The van der Waals surface area contributed by atoms with Crippen molar-refractivity contribution in [3.8, 4) is 0 Å². The Morgan fingerprint density at radius 1 is 1.00 bits per heavy atom. The maximum atomic E-state index is 12.8. The van der Waals surface area contributed by atoms with E-state index in [2.05, 4.69) is 30.4 Å². The van der Waals surface area contributed by atoms with Crippen molar-refractivity contribution >= 4 is 40.0 Å². The van der Waals surface area contributed by atoms with E-state index in [-0.39, 0.29) is 5.91 Å². The van der Waals surface area contributed by atoms with Crippen LogP contribution in [0, 0.1) is 13.8 Å². The van der Waals surface area contributed by atoms with Crippen LogP contribution < -0.4 is 5.32 Å². The van der Waals surface area contributed by atoms with Crippen LogP contribution in [0.1, 0.15) is 16.7 Å². The molecule has 1 heterocycles. The molecule has 1 aliphatic heterocycles. The van der Waals surface area contributed by atoms with E-state index in [0.29, 0.717) is 0 Å². The molecule has 0 radical (unpaired) electrons. The van der Waals surface area contributed by atoms with E-state index in [1.165, 1.54) is 5.56 Å². The van der Waals surface area contributed by atoms with Crippen LogP contribution in [0.25, 0.3) is 4.91 Å². The van der Waals surface area contributed by atoms with Gasteiger partial charge in [-0.05, 0) is 31.0 Å². The Hall–Kier alpha value is -1.65. The summed E-state index contributed by atoms with van der Waals surface area (Å²) < 4.78 is 0. The summed E-state index contributed by atoms with van der Waals surface area (Å²) in [5.74, 6) is 2.00. The monoisotopic (exact) mass is 341 g/mol. The van der Waals surface area contributed by atoms with Crippen LogP contribution in [-0.4, -0.2) is 17.4 Å². The van der Waals surface area contributed by atoms with Crippen LogP contribution in [-0.2, 0) is 4.79 Å². The number of carbonyl (C=O) groups excluding carboxylic acids is 1. The minimum Gasteiger partial charge on any atom is -0.321 e. The van der Waals surface area contributed by atoms with E-state index < -0.39 is 0 Å². The number of nitrogens with one attached hydrogen (secondary N) is 1. The van der Waals surface area contributed by atoms with Crippen LogP contribution in [0.5, 0.6) is 0 Å². The van der Waals surface area contributed by atoms with Crippen LogP contribution in [0.4, 0.5) is 5.69 Å². The van der Waals surface area contributed by atoms with Gasteiger partial charge in [-0.3, -0.25) is 4.79 Å². The van der Waals surface area contributed by atoms with Gasteiger partial charge in [-0.2, -0.15) is 0 Å². The number of anilines is 1. The van der Waals surface area contributed by atoms with E-state index in [4.69, 9.17) is 0 Å². The zero-order valence-corrected chi connectivity index (χ0v) is 14.9. The Balaban J connectivity index is 1.91. The number of benzene rings is 2. The van der Waals surface area contributed by atoms with Crippen molar-refractivity contribution in [2.75, 3.05) is 16.8 Å². The molecule has 4 heteroatoms. The number of amides is 1. The fourth-order valence-corrected chi connectivity index (χ4v) is 4.91. The summed E-state index contributed by atoms with van der Waals surface area (Å²) >= 11 is 3.42. The number of thioether (sulfide) groups is 2. The normalized spacial score (nSPS) is 14.7. The Kier molecular flexibility index (Phi) is 5.13. The van der Waals surface area contributed by atoms with Crippen molar-refractivity contribution in [3.05, 3.63) is 70.1 Å². The summed E-state index contributed by atoms with van der Waals surface area (Å²) in [6.45, 7) is 4.08. The molecule has 1 N–H and O–H groups in total.